The number of unbranched alkanes of at least 4 members (excludes halogenated alkanes) is 1. The lowest BCUT2D eigenvalue weighted by Gasteiger charge is -2.26. The van der Waals surface area contributed by atoms with Crippen molar-refractivity contribution in [3.63, 3.8) is 0 Å². The number of hydrogen-bond acceptors (Lipinski definition) is 3. The Bertz CT molecular complexity index is 807. The first kappa shape index (κ1) is 26.2. The molecular formula is C27H36O4. The monoisotopic (exact) mass is 424 g/mol. The minimum Gasteiger partial charge on any atom is -0.481 e. The van der Waals surface area contributed by atoms with Crippen LogP contribution in [-0.2, 0) is 16.3 Å². The fourth-order valence-corrected chi connectivity index (χ4v) is 3.29. The van der Waals surface area contributed by atoms with Crippen LogP contribution in [0.1, 0.15) is 69.6 Å². The third kappa shape index (κ3) is 8.06. The van der Waals surface area contributed by atoms with Gasteiger partial charge >= 0.3 is 5.97 Å². The number of carboxylic acids is 1. The molecule has 0 atom stereocenters. The van der Waals surface area contributed by atoms with Gasteiger partial charge in [-0.1, -0.05) is 101 Å². The highest BCUT2D eigenvalue weighted by Gasteiger charge is 2.33. The molecule has 0 aliphatic heterocycles. The summed E-state index contributed by atoms with van der Waals surface area (Å²) in [6.45, 7) is 14.0. The Kier molecular flexibility index (Phi) is 12.0. The Morgan fingerprint density at radius 3 is 2.19 bits per heavy atom. The van der Waals surface area contributed by atoms with Gasteiger partial charge in [-0.05, 0) is 36.5 Å². The molecule has 0 aliphatic rings. The fourth-order valence-electron chi connectivity index (χ4n) is 3.29. The number of carboxylic acid groups (broad SMARTS) is 1. The highest BCUT2D eigenvalue weighted by atomic mass is 17.2. The number of carbonyl (C=O) groups is 1. The van der Waals surface area contributed by atoms with Crippen LogP contribution in [0.15, 0.2) is 61.7 Å². The van der Waals surface area contributed by atoms with E-state index in [1.807, 2.05) is 62.4 Å². The van der Waals surface area contributed by atoms with E-state index in [0.29, 0.717) is 12.4 Å². The highest BCUT2D eigenvalue weighted by molar-refractivity contribution is 5.74. The molecule has 0 saturated heterocycles. The number of hydrogen-bond donors (Lipinski definition) is 1. The van der Waals surface area contributed by atoms with E-state index in [1.54, 1.807) is 12.2 Å². The van der Waals surface area contributed by atoms with Crippen molar-refractivity contribution in [1.82, 2.24) is 0 Å². The first-order chi connectivity index (χ1) is 15.0. The Morgan fingerprint density at radius 1 is 1.00 bits per heavy atom. The van der Waals surface area contributed by atoms with Gasteiger partial charge in [-0.15, -0.1) is 0 Å². The lowest BCUT2D eigenvalue weighted by molar-refractivity contribution is -0.217. The average molecular weight is 425 g/mol. The van der Waals surface area contributed by atoms with Gasteiger partial charge in [0, 0.05) is 5.56 Å². The van der Waals surface area contributed by atoms with Crippen molar-refractivity contribution >= 4 is 18.1 Å². The Labute approximate surface area is 187 Å². The van der Waals surface area contributed by atoms with Crippen molar-refractivity contribution in [1.29, 1.82) is 0 Å². The van der Waals surface area contributed by atoms with Crippen LogP contribution in [0.4, 0.5) is 0 Å². The molecule has 0 aliphatic carbocycles. The topological polar surface area (TPSA) is 55.8 Å². The summed E-state index contributed by atoms with van der Waals surface area (Å²) in [5.41, 5.74) is 2.46. The zero-order valence-electron chi connectivity index (χ0n) is 19.1. The maximum atomic E-state index is 11.0. The van der Waals surface area contributed by atoms with Gasteiger partial charge in [-0.3, -0.25) is 4.79 Å². The summed E-state index contributed by atoms with van der Waals surface area (Å²) in [7, 11) is 0. The molecule has 0 saturated carbocycles. The first-order valence-electron chi connectivity index (χ1n) is 10.9. The van der Waals surface area contributed by atoms with E-state index < -0.39 is 11.4 Å². The van der Waals surface area contributed by atoms with Crippen LogP contribution in [0, 0.1) is 5.41 Å². The quantitative estimate of drug-likeness (QED) is 0.282. The predicted octanol–water partition coefficient (Wildman–Crippen LogP) is 7.55. The van der Waals surface area contributed by atoms with E-state index in [1.165, 1.54) is 0 Å². The molecule has 0 unspecified atom stereocenters. The van der Waals surface area contributed by atoms with Gasteiger partial charge in [0.05, 0.1) is 5.41 Å². The highest BCUT2D eigenvalue weighted by Crippen LogP contribution is 2.32. The van der Waals surface area contributed by atoms with Gasteiger partial charge in [0.1, 0.15) is 6.61 Å². The second-order valence-corrected chi connectivity index (χ2v) is 7.39. The average Bonchev–Trinajstić information content (AvgIpc) is 2.81. The molecule has 31 heavy (non-hydrogen) atoms. The molecule has 168 valence electrons. The molecule has 0 fully saturated rings. The molecule has 2 rings (SSSR count). The summed E-state index contributed by atoms with van der Waals surface area (Å²) in [6, 6.07) is 15.6. The van der Waals surface area contributed by atoms with E-state index in [4.69, 9.17) is 14.9 Å². The maximum absolute atomic E-state index is 11.0. The van der Waals surface area contributed by atoms with Crippen LogP contribution in [-0.4, -0.2) is 11.1 Å². The van der Waals surface area contributed by atoms with Crippen molar-refractivity contribution in [2.45, 2.75) is 59.5 Å². The third-order valence-corrected chi connectivity index (χ3v) is 5.56. The molecule has 2 aromatic carbocycles. The van der Waals surface area contributed by atoms with Crippen molar-refractivity contribution in [3.05, 3.63) is 78.4 Å². The van der Waals surface area contributed by atoms with E-state index in [0.717, 1.165) is 48.8 Å². The molecule has 0 amide bonds. The molecule has 0 bridgehead atoms. The van der Waals surface area contributed by atoms with Gasteiger partial charge in [-0.2, -0.15) is 4.89 Å². The van der Waals surface area contributed by atoms with Crippen LogP contribution in [0.2, 0.25) is 0 Å². The second-order valence-electron chi connectivity index (χ2n) is 7.39. The van der Waals surface area contributed by atoms with Crippen LogP contribution in [0.5, 0.6) is 5.75 Å². The number of rotatable bonds is 12. The Morgan fingerprint density at radius 2 is 1.68 bits per heavy atom. The van der Waals surface area contributed by atoms with Gasteiger partial charge in [0.15, 0.2) is 5.75 Å². The van der Waals surface area contributed by atoms with Crippen molar-refractivity contribution in [3.8, 4) is 5.75 Å². The number of aliphatic carboxylic acids is 1. The summed E-state index contributed by atoms with van der Waals surface area (Å²) in [5, 5.41) is 9.05. The summed E-state index contributed by atoms with van der Waals surface area (Å²) >= 11 is 0. The fraction of sp³-hybridized carbons (Fsp3) is 0.370. The Hall–Kier alpha value is -2.85. The van der Waals surface area contributed by atoms with E-state index in [2.05, 4.69) is 20.1 Å². The molecule has 0 aromatic heterocycles. The summed E-state index contributed by atoms with van der Waals surface area (Å²) < 4.78 is 0. The smallest absolute Gasteiger partial charge is 0.309 e. The normalized spacial score (nSPS) is 10.5. The van der Waals surface area contributed by atoms with Crippen molar-refractivity contribution < 1.29 is 19.7 Å². The molecular weight excluding hydrogens is 388 g/mol. The molecule has 1 N–H and O–H groups in total. The van der Waals surface area contributed by atoms with Crippen LogP contribution in [0.25, 0.3) is 12.2 Å². The summed E-state index contributed by atoms with van der Waals surface area (Å²) in [5.74, 6) is 0.0179. The first-order valence-corrected chi connectivity index (χ1v) is 10.9. The Balaban J connectivity index is 0.000000348. The molecule has 4 heteroatoms. The second kappa shape index (κ2) is 14.2. The summed E-state index contributed by atoms with van der Waals surface area (Å²) in [6.07, 6.45) is 7.92. The molecule has 0 spiro atoms. The molecule has 2 aromatic rings. The summed E-state index contributed by atoms with van der Waals surface area (Å²) in [4.78, 5) is 21.6. The third-order valence-electron chi connectivity index (χ3n) is 5.56. The van der Waals surface area contributed by atoms with Gasteiger partial charge in [0.2, 0.25) is 0 Å². The number of benzene rings is 2. The van der Waals surface area contributed by atoms with E-state index in [9.17, 15) is 4.79 Å². The van der Waals surface area contributed by atoms with E-state index in [-0.39, 0.29) is 0 Å². The zero-order chi connectivity index (χ0) is 23.1. The van der Waals surface area contributed by atoms with Gasteiger partial charge in [-0.25, -0.2) is 0 Å². The largest absolute Gasteiger partial charge is 0.481 e. The van der Waals surface area contributed by atoms with Gasteiger partial charge < -0.3 is 9.99 Å². The zero-order valence-corrected chi connectivity index (χ0v) is 19.1. The van der Waals surface area contributed by atoms with Gasteiger partial charge in [0.25, 0.3) is 0 Å². The minimum atomic E-state index is -0.624. The molecule has 4 nitrogen and oxygen atoms in total. The molecule has 0 radical (unpaired) electrons. The lowest BCUT2D eigenvalue weighted by Crippen LogP contribution is -2.29. The van der Waals surface area contributed by atoms with Crippen molar-refractivity contribution in [2.75, 3.05) is 0 Å². The van der Waals surface area contributed by atoms with E-state index >= 15 is 0 Å². The SMILES string of the molecule is C=Cc1cccc(OOCc2ccccc2)c1C=C.CCCCC(CC)(CC)C(=O)O. The standard InChI is InChI=1S/C17H16O2.C10H20O2/c1-3-15-11-8-12-17(16(15)4-2)19-18-13-14-9-6-5-7-10-14;1-4-7-8-10(5-2,6-3)9(11)12/h3-12H,1-2,13H2;4-8H2,1-3H3,(H,11,12). The van der Waals surface area contributed by atoms with Crippen LogP contribution >= 0.6 is 0 Å². The predicted molar refractivity (Wildman–Crippen MR) is 129 cm³/mol. The minimum absolute atomic E-state index is 0.399. The molecule has 0 heterocycles. The van der Waals surface area contributed by atoms with Crippen LogP contribution in [0.3, 0.4) is 0 Å². The van der Waals surface area contributed by atoms with Crippen LogP contribution < -0.4 is 4.89 Å². The maximum Gasteiger partial charge on any atom is 0.309 e. The lowest BCUT2D eigenvalue weighted by atomic mass is 9.78. The van der Waals surface area contributed by atoms with Crippen molar-refractivity contribution in [2.24, 2.45) is 5.41 Å².